The molecule has 6 nitrogen and oxygen atoms in total. The maximum Gasteiger partial charge on any atom is 0.253 e. The number of sulfone groups is 1. The van der Waals surface area contributed by atoms with Crippen LogP contribution in [0.25, 0.3) is 0 Å². The van der Waals surface area contributed by atoms with Crippen LogP contribution in [0.5, 0.6) is 0 Å². The molecule has 0 saturated heterocycles. The van der Waals surface area contributed by atoms with E-state index in [4.69, 9.17) is 0 Å². The van der Waals surface area contributed by atoms with E-state index in [2.05, 4.69) is 5.10 Å². The minimum absolute atomic E-state index is 0.142. The van der Waals surface area contributed by atoms with Gasteiger partial charge in [0, 0.05) is 44.2 Å². The van der Waals surface area contributed by atoms with Crippen molar-refractivity contribution < 1.29 is 13.2 Å². The molecule has 0 fully saturated rings. The lowest BCUT2D eigenvalue weighted by Gasteiger charge is -2.16. The van der Waals surface area contributed by atoms with E-state index in [1.165, 1.54) is 17.0 Å². The molecule has 2 rings (SSSR count). The van der Waals surface area contributed by atoms with Crippen LogP contribution < -0.4 is 0 Å². The highest BCUT2D eigenvalue weighted by atomic mass is 32.2. The second-order valence-corrected chi connectivity index (χ2v) is 7.00. The zero-order valence-electron chi connectivity index (χ0n) is 12.1. The number of aryl methyl sites for hydroxylation is 1. The van der Waals surface area contributed by atoms with Gasteiger partial charge in [-0.1, -0.05) is 6.07 Å². The molecular formula is C14H17N3O3S. The van der Waals surface area contributed by atoms with Crippen LogP contribution in [0.15, 0.2) is 41.6 Å². The Morgan fingerprint density at radius 3 is 2.67 bits per heavy atom. The number of carbonyl (C=O) groups is 1. The molecule has 0 saturated carbocycles. The minimum Gasteiger partial charge on any atom is -0.337 e. The Hall–Kier alpha value is -2.15. The molecule has 7 heteroatoms. The maximum absolute atomic E-state index is 12.3. The molecular weight excluding hydrogens is 290 g/mol. The lowest BCUT2D eigenvalue weighted by molar-refractivity contribution is 0.0785. The zero-order chi connectivity index (χ0) is 15.6. The van der Waals surface area contributed by atoms with Crippen LogP contribution >= 0.6 is 0 Å². The third kappa shape index (κ3) is 3.69. The van der Waals surface area contributed by atoms with E-state index in [1.807, 2.05) is 6.20 Å². The lowest BCUT2D eigenvalue weighted by Crippen LogP contribution is -2.26. The zero-order valence-corrected chi connectivity index (χ0v) is 13.0. The van der Waals surface area contributed by atoms with Crippen LogP contribution in [-0.2, 0) is 23.4 Å². The third-order valence-electron chi connectivity index (χ3n) is 3.03. The normalized spacial score (nSPS) is 11.4. The number of rotatable bonds is 4. The van der Waals surface area contributed by atoms with Gasteiger partial charge in [-0.25, -0.2) is 8.42 Å². The molecule has 21 heavy (non-hydrogen) atoms. The molecule has 0 N–H and O–H groups in total. The third-order valence-corrected chi connectivity index (χ3v) is 4.14. The average molecular weight is 307 g/mol. The Morgan fingerprint density at radius 2 is 2.10 bits per heavy atom. The fraction of sp³-hybridized carbons (Fsp3) is 0.286. The first kappa shape index (κ1) is 15.2. The van der Waals surface area contributed by atoms with Crippen LogP contribution in [-0.4, -0.2) is 42.3 Å². The van der Waals surface area contributed by atoms with Crippen molar-refractivity contribution in [2.45, 2.75) is 11.4 Å². The molecule has 0 radical (unpaired) electrons. The summed E-state index contributed by atoms with van der Waals surface area (Å²) in [5.41, 5.74) is 1.26. The van der Waals surface area contributed by atoms with E-state index in [-0.39, 0.29) is 10.8 Å². The Kier molecular flexibility index (Phi) is 4.13. The highest BCUT2D eigenvalue weighted by Gasteiger charge is 2.15. The Labute approximate surface area is 123 Å². The van der Waals surface area contributed by atoms with Crippen molar-refractivity contribution in [3.8, 4) is 0 Å². The SMILES string of the molecule is CN(Cc1cnn(C)c1)C(=O)c1cccc(S(C)(=O)=O)c1. The molecule has 112 valence electrons. The van der Waals surface area contributed by atoms with E-state index in [9.17, 15) is 13.2 Å². The average Bonchev–Trinajstić information content (AvgIpc) is 2.82. The molecule has 0 spiro atoms. The summed E-state index contributed by atoms with van der Waals surface area (Å²) in [5.74, 6) is -0.232. The summed E-state index contributed by atoms with van der Waals surface area (Å²) in [5, 5.41) is 4.05. The van der Waals surface area contributed by atoms with Gasteiger partial charge in [-0.15, -0.1) is 0 Å². The Bertz CT molecular complexity index is 765. The van der Waals surface area contributed by atoms with Crippen molar-refractivity contribution in [1.29, 1.82) is 0 Å². The molecule has 1 amide bonds. The highest BCUT2D eigenvalue weighted by Crippen LogP contribution is 2.14. The van der Waals surface area contributed by atoms with Crippen molar-refractivity contribution >= 4 is 15.7 Å². The standard InChI is InChI=1S/C14H17N3O3S/c1-16(9-11-8-15-17(2)10-11)14(18)12-5-4-6-13(7-12)21(3,19)20/h4-8,10H,9H2,1-3H3. The largest absolute Gasteiger partial charge is 0.337 e. The number of amides is 1. The summed E-state index contributed by atoms with van der Waals surface area (Å²) < 4.78 is 24.7. The van der Waals surface area contributed by atoms with Gasteiger partial charge in [-0.3, -0.25) is 9.48 Å². The molecule has 2 aromatic rings. The quantitative estimate of drug-likeness (QED) is 0.848. The molecule has 1 heterocycles. The second-order valence-electron chi connectivity index (χ2n) is 4.98. The summed E-state index contributed by atoms with van der Waals surface area (Å²) in [4.78, 5) is 14.0. The monoisotopic (exact) mass is 307 g/mol. The fourth-order valence-corrected chi connectivity index (χ4v) is 2.65. The number of carbonyl (C=O) groups excluding carboxylic acids is 1. The van der Waals surface area contributed by atoms with E-state index >= 15 is 0 Å². The fourth-order valence-electron chi connectivity index (χ4n) is 1.98. The first-order chi connectivity index (χ1) is 9.77. The highest BCUT2D eigenvalue weighted by molar-refractivity contribution is 7.90. The summed E-state index contributed by atoms with van der Waals surface area (Å²) in [6, 6.07) is 6.06. The molecule has 0 aliphatic carbocycles. The van der Waals surface area contributed by atoms with Gasteiger partial charge in [0.2, 0.25) is 0 Å². The van der Waals surface area contributed by atoms with E-state index in [0.717, 1.165) is 11.8 Å². The topological polar surface area (TPSA) is 72.3 Å². The number of benzene rings is 1. The van der Waals surface area contributed by atoms with Gasteiger partial charge in [0.15, 0.2) is 9.84 Å². The van der Waals surface area contributed by atoms with Gasteiger partial charge in [0.1, 0.15) is 0 Å². The molecule has 0 unspecified atom stereocenters. The number of aromatic nitrogens is 2. The van der Waals surface area contributed by atoms with Crippen LogP contribution in [0.2, 0.25) is 0 Å². The van der Waals surface area contributed by atoms with Crippen LogP contribution in [0, 0.1) is 0 Å². The Morgan fingerprint density at radius 1 is 1.38 bits per heavy atom. The molecule has 1 aromatic carbocycles. The second kappa shape index (κ2) is 5.69. The summed E-state index contributed by atoms with van der Waals surface area (Å²) in [7, 11) is 0.151. The van der Waals surface area contributed by atoms with Crippen LogP contribution in [0.4, 0.5) is 0 Å². The number of hydrogen-bond donors (Lipinski definition) is 0. The van der Waals surface area contributed by atoms with Crippen molar-refractivity contribution in [1.82, 2.24) is 14.7 Å². The molecule has 0 aliphatic rings. The first-order valence-corrected chi connectivity index (χ1v) is 8.19. The minimum atomic E-state index is -3.32. The Balaban J connectivity index is 2.19. The predicted molar refractivity (Wildman–Crippen MR) is 78.6 cm³/mol. The number of hydrogen-bond acceptors (Lipinski definition) is 4. The van der Waals surface area contributed by atoms with Crippen LogP contribution in [0.1, 0.15) is 15.9 Å². The van der Waals surface area contributed by atoms with E-state index < -0.39 is 9.84 Å². The van der Waals surface area contributed by atoms with Gasteiger partial charge in [0.25, 0.3) is 5.91 Å². The van der Waals surface area contributed by atoms with E-state index in [0.29, 0.717) is 12.1 Å². The van der Waals surface area contributed by atoms with Gasteiger partial charge in [0.05, 0.1) is 11.1 Å². The number of nitrogens with zero attached hydrogens (tertiary/aromatic N) is 3. The van der Waals surface area contributed by atoms with Crippen molar-refractivity contribution in [2.24, 2.45) is 7.05 Å². The maximum atomic E-state index is 12.3. The predicted octanol–water partition coefficient (Wildman–Crippen LogP) is 1.10. The van der Waals surface area contributed by atoms with Gasteiger partial charge in [-0.2, -0.15) is 5.10 Å². The molecule has 0 bridgehead atoms. The molecule has 0 aliphatic heterocycles. The van der Waals surface area contributed by atoms with Crippen molar-refractivity contribution in [2.75, 3.05) is 13.3 Å². The lowest BCUT2D eigenvalue weighted by atomic mass is 10.2. The summed E-state index contributed by atoms with van der Waals surface area (Å²) in [6.07, 6.45) is 4.64. The van der Waals surface area contributed by atoms with E-state index in [1.54, 1.807) is 37.1 Å². The van der Waals surface area contributed by atoms with Crippen molar-refractivity contribution in [3.05, 3.63) is 47.8 Å². The molecule has 0 atom stereocenters. The van der Waals surface area contributed by atoms with Crippen LogP contribution in [0.3, 0.4) is 0 Å². The van der Waals surface area contributed by atoms with Gasteiger partial charge >= 0.3 is 0 Å². The smallest absolute Gasteiger partial charge is 0.253 e. The van der Waals surface area contributed by atoms with Crippen molar-refractivity contribution in [3.63, 3.8) is 0 Å². The summed E-state index contributed by atoms with van der Waals surface area (Å²) in [6.45, 7) is 0.412. The first-order valence-electron chi connectivity index (χ1n) is 6.30. The molecule has 1 aromatic heterocycles. The summed E-state index contributed by atoms with van der Waals surface area (Å²) >= 11 is 0. The van der Waals surface area contributed by atoms with Gasteiger partial charge in [-0.05, 0) is 18.2 Å². The van der Waals surface area contributed by atoms with Gasteiger partial charge < -0.3 is 4.90 Å².